The minimum atomic E-state index is -0.284. The van der Waals surface area contributed by atoms with Crippen LogP contribution in [-0.4, -0.2) is 17.7 Å². The fraction of sp³-hybridized carbons (Fsp3) is 0.320. The van der Waals surface area contributed by atoms with E-state index in [1.807, 2.05) is 13.0 Å². The average molecular weight is 512 g/mol. The van der Waals surface area contributed by atoms with E-state index in [0.29, 0.717) is 33.8 Å². The molecular formula is C25H20BrClN2O3. The van der Waals surface area contributed by atoms with Gasteiger partial charge in [-0.05, 0) is 94.9 Å². The van der Waals surface area contributed by atoms with Crippen LogP contribution < -0.4 is 10.2 Å². The van der Waals surface area contributed by atoms with Gasteiger partial charge < -0.3 is 5.32 Å². The van der Waals surface area contributed by atoms with Crippen LogP contribution in [0.25, 0.3) is 0 Å². The first-order valence-electron chi connectivity index (χ1n) is 10.8. The normalized spacial score (nSPS) is 31.5. The first-order chi connectivity index (χ1) is 15.3. The fourth-order valence-electron chi connectivity index (χ4n) is 5.95. The van der Waals surface area contributed by atoms with Gasteiger partial charge in [-0.15, -0.1) is 0 Å². The third-order valence-corrected chi connectivity index (χ3v) is 8.76. The molecule has 6 atom stereocenters. The quantitative estimate of drug-likeness (QED) is 0.454. The van der Waals surface area contributed by atoms with Gasteiger partial charge in [-0.1, -0.05) is 23.8 Å². The van der Waals surface area contributed by atoms with Gasteiger partial charge in [-0.2, -0.15) is 0 Å². The Morgan fingerprint density at radius 3 is 2.22 bits per heavy atom. The number of rotatable bonds is 3. The lowest BCUT2D eigenvalue weighted by Gasteiger charge is -2.37. The fourth-order valence-corrected chi connectivity index (χ4v) is 6.57. The van der Waals surface area contributed by atoms with Crippen molar-refractivity contribution in [2.45, 2.75) is 13.3 Å². The van der Waals surface area contributed by atoms with Crippen molar-refractivity contribution in [3.05, 3.63) is 69.2 Å². The summed E-state index contributed by atoms with van der Waals surface area (Å²) in [7, 11) is 0. The molecule has 2 bridgehead atoms. The molecule has 0 radical (unpaired) electrons. The van der Waals surface area contributed by atoms with Gasteiger partial charge in [-0.3, -0.25) is 19.3 Å². The third-order valence-electron chi connectivity index (χ3n) is 7.57. The predicted octanol–water partition coefficient (Wildman–Crippen LogP) is 5.22. The lowest BCUT2D eigenvalue weighted by molar-refractivity contribution is -0.124. The summed E-state index contributed by atoms with van der Waals surface area (Å²) < 4.78 is 0.764. The van der Waals surface area contributed by atoms with Crippen molar-refractivity contribution < 1.29 is 14.4 Å². The van der Waals surface area contributed by atoms with Crippen molar-refractivity contribution in [1.29, 1.82) is 0 Å². The summed E-state index contributed by atoms with van der Waals surface area (Å²) in [5.41, 5.74) is 2.47. The summed E-state index contributed by atoms with van der Waals surface area (Å²) >= 11 is 9.52. The maximum atomic E-state index is 13.2. The molecule has 0 unspecified atom stereocenters. The maximum Gasteiger partial charge on any atom is 0.255 e. The highest BCUT2D eigenvalue weighted by Crippen LogP contribution is 2.65. The highest BCUT2D eigenvalue weighted by Gasteiger charge is 2.67. The molecule has 2 aromatic carbocycles. The van der Waals surface area contributed by atoms with Crippen LogP contribution in [0, 0.1) is 42.4 Å². The molecule has 3 fully saturated rings. The Bertz CT molecular complexity index is 1190. The van der Waals surface area contributed by atoms with Gasteiger partial charge in [0, 0.05) is 15.7 Å². The standard InChI is InChI=1S/C25H20BrClN2O3/c1-11-8-18(26)19(27)10-20(11)28-23(30)12-2-4-13(5-3-12)29-24(31)21-14-6-7-15(17-9-16(14)17)22(21)25(29)32/h2-8,10,14-17,21-22H,9H2,1H3,(H,28,30)/t14-,15-,16-,17-,21+,22+/m1/s1. The second-order valence-electron chi connectivity index (χ2n) is 9.25. The number of anilines is 2. The second kappa shape index (κ2) is 7.03. The van der Waals surface area contributed by atoms with Gasteiger partial charge in [0.25, 0.3) is 5.91 Å². The Labute approximate surface area is 198 Å². The number of nitrogens with zero attached hydrogens (tertiary/aromatic N) is 1. The van der Waals surface area contributed by atoms with Gasteiger partial charge in [0.15, 0.2) is 0 Å². The van der Waals surface area contributed by atoms with Crippen LogP contribution in [0.5, 0.6) is 0 Å². The highest BCUT2D eigenvalue weighted by atomic mass is 79.9. The summed E-state index contributed by atoms with van der Waals surface area (Å²) in [6.07, 6.45) is 5.47. The monoisotopic (exact) mass is 510 g/mol. The minimum absolute atomic E-state index is 0.0953. The molecule has 1 heterocycles. The summed E-state index contributed by atoms with van der Waals surface area (Å²) in [6, 6.07) is 10.2. The molecule has 5 nitrogen and oxygen atoms in total. The number of halogens is 2. The lowest BCUT2D eigenvalue weighted by Crippen LogP contribution is -2.40. The van der Waals surface area contributed by atoms with Crippen LogP contribution in [0.1, 0.15) is 22.3 Å². The lowest BCUT2D eigenvalue weighted by atomic mass is 9.63. The summed E-state index contributed by atoms with van der Waals surface area (Å²) in [4.78, 5) is 40.6. The molecule has 1 saturated heterocycles. The van der Waals surface area contributed by atoms with Gasteiger partial charge in [0.1, 0.15) is 0 Å². The number of allylic oxidation sites excluding steroid dienone is 2. The molecule has 0 spiro atoms. The number of aryl methyl sites for hydroxylation is 1. The number of hydrogen-bond acceptors (Lipinski definition) is 3. The number of amides is 3. The maximum absolute atomic E-state index is 13.2. The van der Waals surface area contributed by atoms with Gasteiger partial charge in [-0.25, -0.2) is 0 Å². The van der Waals surface area contributed by atoms with E-state index < -0.39 is 0 Å². The Balaban J connectivity index is 1.23. The van der Waals surface area contributed by atoms with E-state index in [-0.39, 0.29) is 41.4 Å². The van der Waals surface area contributed by atoms with E-state index in [1.54, 1.807) is 30.3 Å². The second-order valence-corrected chi connectivity index (χ2v) is 10.5. The molecule has 5 aliphatic rings. The van der Waals surface area contributed by atoms with E-state index in [9.17, 15) is 14.4 Å². The molecule has 2 aromatic rings. The Morgan fingerprint density at radius 2 is 1.62 bits per heavy atom. The Kier molecular flexibility index (Phi) is 4.43. The van der Waals surface area contributed by atoms with Crippen LogP contribution in [0.4, 0.5) is 11.4 Å². The molecule has 32 heavy (non-hydrogen) atoms. The molecule has 4 aliphatic carbocycles. The van der Waals surface area contributed by atoms with Crippen LogP contribution in [0.3, 0.4) is 0 Å². The number of carbonyl (C=O) groups excluding carboxylic acids is 3. The summed E-state index contributed by atoms with van der Waals surface area (Å²) in [5.74, 6) is 0.611. The van der Waals surface area contributed by atoms with Gasteiger partial charge in [0.05, 0.1) is 22.5 Å². The topological polar surface area (TPSA) is 66.5 Å². The zero-order chi connectivity index (χ0) is 22.3. The Morgan fingerprint density at radius 1 is 1.03 bits per heavy atom. The van der Waals surface area contributed by atoms with Crippen molar-refractivity contribution >= 4 is 56.6 Å². The van der Waals surface area contributed by atoms with Crippen molar-refractivity contribution in [3.8, 4) is 0 Å². The smallest absolute Gasteiger partial charge is 0.255 e. The van der Waals surface area contributed by atoms with Crippen molar-refractivity contribution in [1.82, 2.24) is 0 Å². The van der Waals surface area contributed by atoms with Crippen LogP contribution in [0.15, 0.2) is 53.0 Å². The van der Waals surface area contributed by atoms with E-state index in [4.69, 9.17) is 11.6 Å². The van der Waals surface area contributed by atoms with Crippen molar-refractivity contribution in [2.24, 2.45) is 35.5 Å². The predicted molar refractivity (Wildman–Crippen MR) is 125 cm³/mol. The van der Waals surface area contributed by atoms with Crippen LogP contribution in [-0.2, 0) is 9.59 Å². The van der Waals surface area contributed by atoms with Crippen molar-refractivity contribution in [2.75, 3.05) is 10.2 Å². The molecule has 7 heteroatoms. The zero-order valence-corrected chi connectivity index (χ0v) is 19.6. The Hall–Kier alpha value is -2.44. The molecule has 162 valence electrons. The molecule has 3 amide bonds. The molecule has 7 rings (SSSR count). The van der Waals surface area contributed by atoms with E-state index in [1.165, 1.54) is 4.90 Å². The van der Waals surface area contributed by atoms with Crippen LogP contribution in [0.2, 0.25) is 5.02 Å². The van der Waals surface area contributed by atoms with Crippen molar-refractivity contribution in [3.63, 3.8) is 0 Å². The summed E-state index contributed by atoms with van der Waals surface area (Å²) in [6.45, 7) is 1.88. The van der Waals surface area contributed by atoms with E-state index in [2.05, 4.69) is 33.4 Å². The largest absolute Gasteiger partial charge is 0.322 e. The number of nitrogens with one attached hydrogen (secondary N) is 1. The number of imide groups is 1. The van der Waals surface area contributed by atoms with Gasteiger partial charge in [0.2, 0.25) is 11.8 Å². The van der Waals surface area contributed by atoms with Gasteiger partial charge >= 0.3 is 0 Å². The number of hydrogen-bond donors (Lipinski definition) is 1. The van der Waals surface area contributed by atoms with Crippen LogP contribution >= 0.6 is 27.5 Å². The zero-order valence-electron chi connectivity index (χ0n) is 17.2. The molecule has 1 aliphatic heterocycles. The molecule has 2 saturated carbocycles. The minimum Gasteiger partial charge on any atom is -0.322 e. The number of benzene rings is 2. The average Bonchev–Trinajstić information content (AvgIpc) is 3.55. The summed E-state index contributed by atoms with van der Waals surface area (Å²) in [5, 5.41) is 3.38. The first-order valence-corrected chi connectivity index (χ1v) is 12.0. The third kappa shape index (κ3) is 2.85. The number of carbonyl (C=O) groups is 3. The van der Waals surface area contributed by atoms with E-state index >= 15 is 0 Å². The highest BCUT2D eigenvalue weighted by molar-refractivity contribution is 9.10. The first kappa shape index (κ1) is 20.2. The SMILES string of the molecule is Cc1cc(Br)c(Cl)cc1NC(=O)c1ccc(N2C(=O)[C@H]3[C@@H]4C=C[C@H]([C@H]5C[C@H]45)[C@@H]3C2=O)cc1. The molecule has 1 N–H and O–H groups in total. The molecular weight excluding hydrogens is 492 g/mol. The van der Waals surface area contributed by atoms with E-state index in [0.717, 1.165) is 16.5 Å². The molecule has 0 aromatic heterocycles.